The fraction of sp³-hybridized carbons (Fsp3) is 0.556. The minimum atomic E-state index is 0.405. The van der Waals surface area contributed by atoms with E-state index in [1.807, 2.05) is 7.05 Å². The normalized spacial score (nSPS) is 10.4. The monoisotopic (exact) mass is 323 g/mol. The van der Waals surface area contributed by atoms with Gasteiger partial charge in [0, 0.05) is 21.3 Å². The van der Waals surface area contributed by atoms with Crippen LogP contribution in [0.2, 0.25) is 0 Å². The topological polar surface area (TPSA) is 56.3 Å². The summed E-state index contributed by atoms with van der Waals surface area (Å²) < 4.78 is 11.1. The molecule has 0 saturated carbocycles. The second-order valence-electron chi connectivity index (χ2n) is 2.87. The molecule has 0 aliphatic heterocycles. The number of rotatable bonds is 5. The maximum absolute atomic E-state index is 5.08. The van der Waals surface area contributed by atoms with Gasteiger partial charge in [0.15, 0.2) is 5.82 Å². The van der Waals surface area contributed by atoms with Crippen molar-refractivity contribution in [1.29, 1.82) is 0 Å². The zero-order valence-electron chi connectivity index (χ0n) is 9.00. The van der Waals surface area contributed by atoms with Crippen LogP contribution in [-0.2, 0) is 22.7 Å². The van der Waals surface area contributed by atoms with Crippen molar-refractivity contribution in [1.82, 2.24) is 9.97 Å². The summed E-state index contributed by atoms with van der Waals surface area (Å²) in [7, 11) is 5.10. The minimum Gasteiger partial charge on any atom is -0.378 e. The first kappa shape index (κ1) is 12.6. The van der Waals surface area contributed by atoms with E-state index < -0.39 is 0 Å². The second kappa shape index (κ2) is 6.19. The van der Waals surface area contributed by atoms with Gasteiger partial charge in [-0.2, -0.15) is 0 Å². The Morgan fingerprint density at radius 2 is 1.87 bits per heavy atom. The van der Waals surface area contributed by atoms with Crippen LogP contribution in [0.15, 0.2) is 0 Å². The van der Waals surface area contributed by atoms with Crippen LogP contribution in [0.25, 0.3) is 0 Å². The van der Waals surface area contributed by atoms with Gasteiger partial charge >= 0.3 is 0 Å². The lowest BCUT2D eigenvalue weighted by molar-refractivity contribution is 0.170. The molecule has 0 radical (unpaired) electrons. The first-order valence-electron chi connectivity index (χ1n) is 4.43. The third kappa shape index (κ3) is 3.25. The molecule has 0 aromatic carbocycles. The molecule has 0 aliphatic carbocycles. The predicted molar refractivity (Wildman–Crippen MR) is 65.7 cm³/mol. The number of hydrogen-bond donors (Lipinski definition) is 1. The van der Waals surface area contributed by atoms with Crippen molar-refractivity contribution in [3.8, 4) is 0 Å². The fourth-order valence-corrected chi connectivity index (χ4v) is 1.80. The Morgan fingerprint density at radius 1 is 1.20 bits per heavy atom. The van der Waals surface area contributed by atoms with E-state index in [0.29, 0.717) is 19.0 Å². The molecule has 15 heavy (non-hydrogen) atoms. The van der Waals surface area contributed by atoms with Crippen LogP contribution in [0.1, 0.15) is 11.5 Å². The van der Waals surface area contributed by atoms with Crippen molar-refractivity contribution >= 4 is 28.4 Å². The average molecular weight is 323 g/mol. The molecular formula is C9H14IN3O2. The fourth-order valence-electron chi connectivity index (χ4n) is 1.14. The molecule has 0 amide bonds. The number of anilines is 1. The van der Waals surface area contributed by atoms with E-state index in [2.05, 4.69) is 37.9 Å². The Hall–Kier alpha value is -0.470. The summed E-state index contributed by atoms with van der Waals surface area (Å²) >= 11 is 2.20. The lowest BCUT2D eigenvalue weighted by atomic mass is 10.4. The van der Waals surface area contributed by atoms with Gasteiger partial charge in [0.2, 0.25) is 0 Å². The van der Waals surface area contributed by atoms with Crippen LogP contribution in [0.3, 0.4) is 0 Å². The van der Waals surface area contributed by atoms with Crippen molar-refractivity contribution in [3.05, 3.63) is 15.1 Å². The molecule has 0 bridgehead atoms. The molecule has 0 unspecified atom stereocenters. The van der Waals surface area contributed by atoms with Crippen LogP contribution < -0.4 is 5.32 Å². The maximum atomic E-state index is 5.08. The largest absolute Gasteiger partial charge is 0.378 e. The van der Waals surface area contributed by atoms with E-state index in [-0.39, 0.29) is 0 Å². The predicted octanol–water partition coefficient (Wildman–Crippen LogP) is 1.42. The van der Waals surface area contributed by atoms with Crippen LogP contribution in [0.5, 0.6) is 0 Å². The van der Waals surface area contributed by atoms with Gasteiger partial charge in [-0.3, -0.25) is 0 Å². The van der Waals surface area contributed by atoms with Crippen LogP contribution in [0, 0.1) is 3.57 Å². The highest BCUT2D eigenvalue weighted by Gasteiger charge is 2.10. The molecule has 0 spiro atoms. The van der Waals surface area contributed by atoms with E-state index in [1.165, 1.54) is 0 Å². The number of aromatic nitrogens is 2. The molecule has 84 valence electrons. The van der Waals surface area contributed by atoms with Crippen LogP contribution in [0.4, 0.5) is 5.82 Å². The van der Waals surface area contributed by atoms with Crippen LogP contribution in [-0.4, -0.2) is 31.2 Å². The van der Waals surface area contributed by atoms with Crippen LogP contribution >= 0.6 is 22.6 Å². The number of nitrogens with zero attached hydrogens (tertiary/aromatic N) is 2. The highest BCUT2D eigenvalue weighted by atomic mass is 127. The number of ether oxygens (including phenoxy) is 2. The molecule has 1 heterocycles. The van der Waals surface area contributed by atoms with E-state index in [9.17, 15) is 0 Å². The molecule has 6 heteroatoms. The summed E-state index contributed by atoms with van der Waals surface area (Å²) in [6.45, 7) is 0.883. The van der Waals surface area contributed by atoms with Crippen molar-refractivity contribution in [2.24, 2.45) is 0 Å². The van der Waals surface area contributed by atoms with Gasteiger partial charge in [-0.1, -0.05) is 0 Å². The van der Waals surface area contributed by atoms with Gasteiger partial charge in [-0.25, -0.2) is 9.97 Å². The molecular weight excluding hydrogens is 309 g/mol. The van der Waals surface area contributed by atoms with Gasteiger partial charge in [-0.15, -0.1) is 0 Å². The van der Waals surface area contributed by atoms with Gasteiger partial charge in [0.25, 0.3) is 0 Å². The number of hydrogen-bond acceptors (Lipinski definition) is 5. The van der Waals surface area contributed by atoms with E-state index in [4.69, 9.17) is 9.47 Å². The average Bonchev–Trinajstić information content (AvgIpc) is 2.23. The summed E-state index contributed by atoms with van der Waals surface area (Å²) in [6.07, 6.45) is 0. The van der Waals surface area contributed by atoms with Gasteiger partial charge in [-0.05, 0) is 22.6 Å². The second-order valence-corrected chi connectivity index (χ2v) is 3.94. The first-order valence-corrected chi connectivity index (χ1v) is 5.51. The quantitative estimate of drug-likeness (QED) is 0.831. The Bertz CT molecular complexity index is 333. The highest BCUT2D eigenvalue weighted by Crippen LogP contribution is 2.19. The number of nitrogens with one attached hydrogen (secondary N) is 1. The summed E-state index contributed by atoms with van der Waals surface area (Å²) in [5.41, 5.74) is 0.879. The van der Waals surface area contributed by atoms with E-state index in [0.717, 1.165) is 15.1 Å². The Balaban J connectivity index is 3.07. The number of halogens is 1. The molecule has 1 N–H and O–H groups in total. The third-order valence-corrected chi connectivity index (χ3v) is 2.89. The summed E-state index contributed by atoms with van der Waals surface area (Å²) in [6, 6.07) is 0. The smallest absolute Gasteiger partial charge is 0.156 e. The van der Waals surface area contributed by atoms with E-state index >= 15 is 0 Å². The van der Waals surface area contributed by atoms with Crippen molar-refractivity contribution in [3.63, 3.8) is 0 Å². The molecule has 1 aromatic rings. The molecule has 0 saturated heterocycles. The summed E-state index contributed by atoms with van der Waals surface area (Å²) in [5.74, 6) is 1.47. The summed E-state index contributed by atoms with van der Waals surface area (Å²) in [5, 5.41) is 3.02. The number of methoxy groups -OCH3 is 2. The molecule has 5 nitrogen and oxygen atoms in total. The first-order chi connectivity index (χ1) is 7.22. The molecule has 0 atom stereocenters. The maximum Gasteiger partial charge on any atom is 0.156 e. The molecule has 1 rings (SSSR count). The van der Waals surface area contributed by atoms with Crippen molar-refractivity contribution < 1.29 is 9.47 Å². The Morgan fingerprint density at radius 3 is 2.40 bits per heavy atom. The SMILES string of the molecule is CNc1nc(COC)nc(COC)c1I. The standard InChI is InChI=1S/C9H14IN3O2/c1-11-9-8(10)6(4-14-2)12-7(13-9)5-15-3/h4-5H2,1-3H3,(H,11,12,13). The van der Waals surface area contributed by atoms with Gasteiger partial charge in [0.05, 0.1) is 15.9 Å². The Labute approximate surface area is 103 Å². The van der Waals surface area contributed by atoms with Gasteiger partial charge in [0.1, 0.15) is 12.4 Å². The molecule has 0 aliphatic rings. The van der Waals surface area contributed by atoms with E-state index in [1.54, 1.807) is 14.2 Å². The summed E-state index contributed by atoms with van der Waals surface area (Å²) in [4.78, 5) is 8.66. The minimum absolute atomic E-state index is 0.405. The molecule has 0 fully saturated rings. The van der Waals surface area contributed by atoms with Crippen molar-refractivity contribution in [2.45, 2.75) is 13.2 Å². The highest BCUT2D eigenvalue weighted by molar-refractivity contribution is 14.1. The zero-order chi connectivity index (χ0) is 11.3. The molecule has 1 aromatic heterocycles. The zero-order valence-corrected chi connectivity index (χ0v) is 11.2. The van der Waals surface area contributed by atoms with Gasteiger partial charge < -0.3 is 14.8 Å². The lowest BCUT2D eigenvalue weighted by Crippen LogP contribution is -2.08. The Kier molecular flexibility index (Phi) is 5.20. The third-order valence-electron chi connectivity index (χ3n) is 1.76. The van der Waals surface area contributed by atoms with Crippen molar-refractivity contribution in [2.75, 3.05) is 26.6 Å². The lowest BCUT2D eigenvalue weighted by Gasteiger charge is -2.10.